The van der Waals surface area contributed by atoms with Crippen LogP contribution >= 0.6 is 12.4 Å². The number of nitrogens with zero attached hydrogens (tertiary/aromatic N) is 1. The second-order valence-electron chi connectivity index (χ2n) is 5.25. The number of rotatable bonds is 7. The molecule has 0 amide bonds. The Labute approximate surface area is 116 Å². The van der Waals surface area contributed by atoms with E-state index in [0.717, 1.165) is 39.1 Å². The van der Waals surface area contributed by atoms with E-state index in [9.17, 15) is 4.79 Å². The van der Waals surface area contributed by atoms with Crippen molar-refractivity contribution in [1.29, 1.82) is 0 Å². The first-order chi connectivity index (χ1) is 8.09. The van der Waals surface area contributed by atoms with Crippen LogP contribution < -0.4 is 0 Å². The molecule has 4 nitrogen and oxygen atoms in total. The van der Waals surface area contributed by atoms with Crippen molar-refractivity contribution in [3.05, 3.63) is 0 Å². The van der Waals surface area contributed by atoms with Gasteiger partial charge in [0.05, 0.1) is 13.2 Å². The molecule has 0 aliphatic carbocycles. The molecule has 0 bridgehead atoms. The summed E-state index contributed by atoms with van der Waals surface area (Å²) in [5.41, 5.74) is 0. The molecule has 5 heteroatoms. The topological polar surface area (TPSA) is 49.8 Å². The summed E-state index contributed by atoms with van der Waals surface area (Å²) >= 11 is 0. The number of hydrogen-bond acceptors (Lipinski definition) is 3. The van der Waals surface area contributed by atoms with Crippen LogP contribution in [0.3, 0.4) is 0 Å². The van der Waals surface area contributed by atoms with Crippen molar-refractivity contribution >= 4 is 18.4 Å². The van der Waals surface area contributed by atoms with Crippen molar-refractivity contribution in [1.82, 2.24) is 4.90 Å². The maximum atomic E-state index is 10.4. The summed E-state index contributed by atoms with van der Waals surface area (Å²) in [6.07, 6.45) is 3.21. The highest BCUT2D eigenvalue weighted by Gasteiger charge is 2.23. The molecule has 0 aromatic heterocycles. The van der Waals surface area contributed by atoms with Gasteiger partial charge in [0.25, 0.3) is 0 Å². The van der Waals surface area contributed by atoms with E-state index >= 15 is 0 Å². The molecule has 108 valence electrons. The predicted octanol–water partition coefficient (Wildman–Crippen LogP) is 2.41. The van der Waals surface area contributed by atoms with Crippen LogP contribution in [-0.2, 0) is 9.53 Å². The van der Waals surface area contributed by atoms with Crippen LogP contribution in [0.5, 0.6) is 0 Å². The summed E-state index contributed by atoms with van der Waals surface area (Å²) in [5, 5.41) is 8.59. The minimum atomic E-state index is -0.689. The van der Waals surface area contributed by atoms with Crippen LogP contribution in [0.2, 0.25) is 0 Å². The number of carbonyl (C=O) groups is 1. The molecule has 18 heavy (non-hydrogen) atoms. The highest BCUT2D eigenvalue weighted by atomic mass is 35.5. The van der Waals surface area contributed by atoms with E-state index in [0.29, 0.717) is 18.4 Å². The fraction of sp³-hybridized carbons (Fsp3) is 0.923. The van der Waals surface area contributed by atoms with Gasteiger partial charge in [-0.25, -0.2) is 0 Å². The second kappa shape index (κ2) is 9.59. The zero-order chi connectivity index (χ0) is 12.7. The monoisotopic (exact) mass is 279 g/mol. The Kier molecular flexibility index (Phi) is 9.42. The van der Waals surface area contributed by atoms with Gasteiger partial charge in [0.2, 0.25) is 0 Å². The van der Waals surface area contributed by atoms with E-state index in [1.54, 1.807) is 0 Å². The van der Waals surface area contributed by atoms with Gasteiger partial charge in [0, 0.05) is 19.0 Å². The first-order valence-corrected chi connectivity index (χ1v) is 6.63. The fourth-order valence-corrected chi connectivity index (χ4v) is 2.34. The molecular weight excluding hydrogens is 254 g/mol. The van der Waals surface area contributed by atoms with Crippen molar-refractivity contribution in [2.75, 3.05) is 26.3 Å². The highest BCUT2D eigenvalue weighted by Crippen LogP contribution is 2.16. The van der Waals surface area contributed by atoms with Gasteiger partial charge >= 0.3 is 5.97 Å². The molecule has 1 aliphatic heterocycles. The lowest BCUT2D eigenvalue weighted by Crippen LogP contribution is -2.46. The SMILES string of the molecule is CC(C)CC1COCCN1CCCCC(=O)O.Cl. The standard InChI is InChI=1S/C13H25NO3.ClH/c1-11(2)9-12-10-17-8-7-14(12)6-4-3-5-13(15)16;/h11-12H,3-10H2,1-2H3,(H,15,16);1H. The highest BCUT2D eigenvalue weighted by molar-refractivity contribution is 5.85. The maximum absolute atomic E-state index is 10.4. The third-order valence-corrected chi connectivity index (χ3v) is 3.18. The minimum absolute atomic E-state index is 0. The first kappa shape index (κ1) is 17.7. The first-order valence-electron chi connectivity index (χ1n) is 6.63. The number of ether oxygens (including phenoxy) is 1. The summed E-state index contributed by atoms with van der Waals surface area (Å²) in [6, 6.07) is 0.522. The summed E-state index contributed by atoms with van der Waals surface area (Å²) < 4.78 is 5.52. The minimum Gasteiger partial charge on any atom is -0.481 e. The Morgan fingerprint density at radius 2 is 2.17 bits per heavy atom. The number of unbranched alkanes of at least 4 members (excludes halogenated alkanes) is 1. The van der Waals surface area contributed by atoms with Crippen molar-refractivity contribution in [2.45, 2.75) is 45.6 Å². The van der Waals surface area contributed by atoms with Crippen molar-refractivity contribution < 1.29 is 14.6 Å². The molecule has 1 unspecified atom stereocenters. The van der Waals surface area contributed by atoms with Crippen LogP contribution in [0.15, 0.2) is 0 Å². The van der Waals surface area contributed by atoms with Crippen LogP contribution in [0.4, 0.5) is 0 Å². The Bertz CT molecular complexity index is 236. The van der Waals surface area contributed by atoms with E-state index < -0.39 is 5.97 Å². The third kappa shape index (κ3) is 7.19. The number of hydrogen-bond donors (Lipinski definition) is 1. The van der Waals surface area contributed by atoms with Crippen molar-refractivity contribution in [3.8, 4) is 0 Å². The number of halogens is 1. The largest absolute Gasteiger partial charge is 0.481 e. The Morgan fingerprint density at radius 1 is 1.44 bits per heavy atom. The molecule has 1 atom stereocenters. The molecule has 0 aromatic rings. The smallest absolute Gasteiger partial charge is 0.303 e. The molecule has 1 fully saturated rings. The molecule has 0 aromatic carbocycles. The third-order valence-electron chi connectivity index (χ3n) is 3.18. The van der Waals surface area contributed by atoms with Gasteiger partial charge in [-0.2, -0.15) is 0 Å². The average molecular weight is 280 g/mol. The van der Waals surface area contributed by atoms with Crippen LogP contribution in [-0.4, -0.2) is 48.3 Å². The van der Waals surface area contributed by atoms with Crippen molar-refractivity contribution in [2.24, 2.45) is 5.92 Å². The predicted molar refractivity (Wildman–Crippen MR) is 74.4 cm³/mol. The van der Waals surface area contributed by atoms with E-state index in [4.69, 9.17) is 9.84 Å². The molecular formula is C13H26ClNO3. The van der Waals surface area contributed by atoms with Crippen LogP contribution in [0, 0.1) is 5.92 Å². The molecule has 0 saturated carbocycles. The lowest BCUT2D eigenvalue weighted by Gasteiger charge is -2.36. The van der Waals surface area contributed by atoms with Gasteiger partial charge < -0.3 is 9.84 Å². The zero-order valence-corrected chi connectivity index (χ0v) is 12.2. The molecule has 1 N–H and O–H groups in total. The van der Waals surface area contributed by atoms with Gasteiger partial charge in [0.1, 0.15) is 0 Å². The Morgan fingerprint density at radius 3 is 2.78 bits per heavy atom. The molecule has 1 rings (SSSR count). The lowest BCUT2D eigenvalue weighted by atomic mass is 10.0. The molecule has 0 radical (unpaired) electrons. The van der Waals surface area contributed by atoms with E-state index in [2.05, 4.69) is 18.7 Å². The van der Waals surface area contributed by atoms with Gasteiger partial charge in [-0.3, -0.25) is 9.69 Å². The summed E-state index contributed by atoms with van der Waals surface area (Å²) in [5.74, 6) is -0.00562. The van der Waals surface area contributed by atoms with Gasteiger partial charge in [-0.05, 0) is 31.7 Å². The number of carboxylic acid groups (broad SMARTS) is 1. The Balaban J connectivity index is 0.00000289. The number of aliphatic carboxylic acids is 1. The normalized spacial score (nSPS) is 20.7. The summed E-state index contributed by atoms with van der Waals surface area (Å²) in [4.78, 5) is 12.9. The molecule has 1 heterocycles. The van der Waals surface area contributed by atoms with Crippen LogP contribution in [0.25, 0.3) is 0 Å². The van der Waals surface area contributed by atoms with Crippen molar-refractivity contribution in [3.63, 3.8) is 0 Å². The number of carboxylic acids is 1. The van der Waals surface area contributed by atoms with Crippen LogP contribution in [0.1, 0.15) is 39.5 Å². The van der Waals surface area contributed by atoms with Gasteiger partial charge in [0.15, 0.2) is 0 Å². The molecule has 0 spiro atoms. The quantitative estimate of drug-likeness (QED) is 0.727. The molecule has 1 saturated heterocycles. The summed E-state index contributed by atoms with van der Waals surface area (Å²) in [7, 11) is 0. The van der Waals surface area contributed by atoms with E-state index in [1.807, 2.05) is 0 Å². The van der Waals surface area contributed by atoms with E-state index in [-0.39, 0.29) is 12.4 Å². The van der Waals surface area contributed by atoms with Gasteiger partial charge in [-0.15, -0.1) is 12.4 Å². The zero-order valence-electron chi connectivity index (χ0n) is 11.4. The van der Waals surface area contributed by atoms with Gasteiger partial charge in [-0.1, -0.05) is 13.8 Å². The average Bonchev–Trinajstić information content (AvgIpc) is 2.25. The second-order valence-corrected chi connectivity index (χ2v) is 5.25. The fourth-order valence-electron chi connectivity index (χ4n) is 2.34. The lowest BCUT2D eigenvalue weighted by molar-refractivity contribution is -0.137. The summed E-state index contributed by atoms with van der Waals surface area (Å²) in [6.45, 7) is 8.11. The Hall–Kier alpha value is -0.320. The molecule has 1 aliphatic rings. The number of morpholine rings is 1. The maximum Gasteiger partial charge on any atom is 0.303 e. The van der Waals surface area contributed by atoms with E-state index in [1.165, 1.54) is 6.42 Å².